The molecule has 0 amide bonds. The molecule has 0 aliphatic rings. The van der Waals surface area contributed by atoms with Crippen molar-refractivity contribution in [1.82, 2.24) is 14.8 Å². The van der Waals surface area contributed by atoms with E-state index < -0.39 is 5.97 Å². The first-order chi connectivity index (χ1) is 9.13. The summed E-state index contributed by atoms with van der Waals surface area (Å²) >= 11 is 3.39. The number of aromatic nitrogens is 3. The number of carbonyl (C=O) groups excluding carboxylic acids is 1. The summed E-state index contributed by atoms with van der Waals surface area (Å²) in [6.45, 7) is 0.441. The quantitative estimate of drug-likeness (QED) is 0.805. The SMILES string of the molecule is COC(=O)c1ncn(Cc2ccc(C#N)cc2Br)n1. The van der Waals surface area contributed by atoms with Crippen molar-refractivity contribution < 1.29 is 9.53 Å². The fourth-order valence-corrected chi connectivity index (χ4v) is 1.98. The molecule has 0 aliphatic heterocycles. The molecule has 0 aliphatic carbocycles. The maximum atomic E-state index is 11.2. The average molecular weight is 321 g/mol. The number of benzene rings is 1. The Morgan fingerprint density at radius 2 is 2.37 bits per heavy atom. The van der Waals surface area contributed by atoms with Gasteiger partial charge in [0.1, 0.15) is 6.33 Å². The lowest BCUT2D eigenvalue weighted by Crippen LogP contribution is -2.06. The Morgan fingerprint density at radius 3 is 3.00 bits per heavy atom. The fourth-order valence-electron chi connectivity index (χ4n) is 1.48. The van der Waals surface area contributed by atoms with Crippen LogP contribution in [0.4, 0.5) is 0 Å². The second kappa shape index (κ2) is 5.63. The largest absolute Gasteiger partial charge is 0.463 e. The molecule has 0 N–H and O–H groups in total. The molecule has 96 valence electrons. The van der Waals surface area contributed by atoms with Gasteiger partial charge in [-0.1, -0.05) is 22.0 Å². The van der Waals surface area contributed by atoms with E-state index in [1.165, 1.54) is 18.1 Å². The number of ether oxygens (including phenoxy) is 1. The lowest BCUT2D eigenvalue weighted by molar-refractivity contribution is 0.0586. The number of hydrogen-bond donors (Lipinski definition) is 0. The molecule has 0 fully saturated rings. The number of carbonyl (C=O) groups is 1. The van der Waals surface area contributed by atoms with Crippen LogP contribution in [0.3, 0.4) is 0 Å². The van der Waals surface area contributed by atoms with Crippen molar-refractivity contribution in [2.24, 2.45) is 0 Å². The average Bonchev–Trinajstić information content (AvgIpc) is 2.88. The third-order valence-corrected chi connectivity index (χ3v) is 3.16. The number of halogens is 1. The molecule has 0 radical (unpaired) electrons. The van der Waals surface area contributed by atoms with Gasteiger partial charge in [-0.15, -0.1) is 5.10 Å². The molecular formula is C12H9BrN4O2. The highest BCUT2D eigenvalue weighted by atomic mass is 79.9. The normalized spacial score (nSPS) is 9.95. The highest BCUT2D eigenvalue weighted by Gasteiger charge is 2.11. The third-order valence-electron chi connectivity index (χ3n) is 2.42. The van der Waals surface area contributed by atoms with E-state index in [4.69, 9.17) is 5.26 Å². The number of rotatable bonds is 3. The van der Waals surface area contributed by atoms with Gasteiger partial charge >= 0.3 is 5.97 Å². The minimum Gasteiger partial charge on any atom is -0.463 e. The minimum absolute atomic E-state index is 0.0206. The molecule has 1 aromatic heterocycles. The lowest BCUT2D eigenvalue weighted by atomic mass is 10.1. The van der Waals surface area contributed by atoms with E-state index >= 15 is 0 Å². The number of nitrogens with zero attached hydrogens (tertiary/aromatic N) is 4. The summed E-state index contributed by atoms with van der Waals surface area (Å²) in [6, 6.07) is 7.33. The van der Waals surface area contributed by atoms with E-state index in [1.807, 2.05) is 6.07 Å². The van der Waals surface area contributed by atoms with Crippen molar-refractivity contribution in [3.8, 4) is 6.07 Å². The van der Waals surface area contributed by atoms with Gasteiger partial charge in [-0.3, -0.25) is 0 Å². The first kappa shape index (κ1) is 13.2. The minimum atomic E-state index is -0.572. The smallest absolute Gasteiger partial charge is 0.377 e. The van der Waals surface area contributed by atoms with Crippen molar-refractivity contribution >= 4 is 21.9 Å². The van der Waals surface area contributed by atoms with E-state index in [2.05, 4.69) is 36.8 Å². The zero-order valence-corrected chi connectivity index (χ0v) is 11.6. The number of methoxy groups -OCH3 is 1. The maximum absolute atomic E-state index is 11.2. The topological polar surface area (TPSA) is 80.8 Å². The highest BCUT2D eigenvalue weighted by molar-refractivity contribution is 9.10. The van der Waals surface area contributed by atoms with Crippen LogP contribution in [0.2, 0.25) is 0 Å². The van der Waals surface area contributed by atoms with Gasteiger partial charge in [0.2, 0.25) is 0 Å². The molecule has 1 heterocycles. The molecule has 6 nitrogen and oxygen atoms in total. The Balaban J connectivity index is 2.20. The second-order valence-electron chi connectivity index (χ2n) is 3.68. The molecule has 2 aromatic rings. The van der Waals surface area contributed by atoms with Gasteiger partial charge in [0.15, 0.2) is 0 Å². The molecule has 0 saturated heterocycles. The third kappa shape index (κ3) is 2.98. The lowest BCUT2D eigenvalue weighted by Gasteiger charge is -2.04. The Labute approximate surface area is 117 Å². The molecule has 0 bridgehead atoms. The van der Waals surface area contributed by atoms with Gasteiger partial charge < -0.3 is 4.74 Å². The second-order valence-corrected chi connectivity index (χ2v) is 4.53. The van der Waals surface area contributed by atoms with Gasteiger partial charge in [0, 0.05) is 4.47 Å². The van der Waals surface area contributed by atoms with Crippen LogP contribution >= 0.6 is 15.9 Å². The molecule has 7 heteroatoms. The Hall–Kier alpha value is -2.20. The van der Waals surface area contributed by atoms with E-state index in [1.54, 1.807) is 12.1 Å². The summed E-state index contributed by atoms with van der Waals surface area (Å²) in [5, 5.41) is 12.8. The van der Waals surface area contributed by atoms with Crippen molar-refractivity contribution in [2.45, 2.75) is 6.54 Å². The predicted octanol–water partition coefficient (Wildman–Crippen LogP) is 1.75. The molecular weight excluding hydrogens is 312 g/mol. The fraction of sp³-hybridized carbons (Fsp3) is 0.167. The van der Waals surface area contributed by atoms with Crippen molar-refractivity contribution in [3.63, 3.8) is 0 Å². The predicted molar refractivity (Wildman–Crippen MR) is 69.3 cm³/mol. The molecule has 0 unspecified atom stereocenters. The zero-order valence-electron chi connectivity index (χ0n) is 10.00. The van der Waals surface area contributed by atoms with Crippen LogP contribution in [0.25, 0.3) is 0 Å². The molecule has 0 saturated carbocycles. The number of esters is 1. The summed E-state index contributed by atoms with van der Waals surface area (Å²) in [4.78, 5) is 15.1. The van der Waals surface area contributed by atoms with Crippen molar-refractivity contribution in [2.75, 3.05) is 7.11 Å². The first-order valence-corrected chi connectivity index (χ1v) is 6.09. The van der Waals surface area contributed by atoms with E-state index in [0.29, 0.717) is 12.1 Å². The van der Waals surface area contributed by atoms with Crippen LogP contribution in [-0.2, 0) is 11.3 Å². The van der Waals surface area contributed by atoms with Crippen LogP contribution < -0.4 is 0 Å². The molecule has 19 heavy (non-hydrogen) atoms. The van der Waals surface area contributed by atoms with Crippen molar-refractivity contribution in [3.05, 3.63) is 46.0 Å². The van der Waals surface area contributed by atoms with Gasteiger partial charge in [-0.2, -0.15) is 5.26 Å². The molecule has 0 spiro atoms. The molecule has 0 atom stereocenters. The Morgan fingerprint density at radius 1 is 1.58 bits per heavy atom. The van der Waals surface area contributed by atoms with Crippen LogP contribution in [0, 0.1) is 11.3 Å². The van der Waals surface area contributed by atoms with Gasteiger partial charge in [0.25, 0.3) is 5.82 Å². The van der Waals surface area contributed by atoms with Crippen LogP contribution in [-0.4, -0.2) is 27.8 Å². The first-order valence-electron chi connectivity index (χ1n) is 5.30. The Bertz CT molecular complexity index is 660. The van der Waals surface area contributed by atoms with E-state index in [9.17, 15) is 4.79 Å². The molecule has 1 aromatic carbocycles. The monoisotopic (exact) mass is 320 g/mol. The summed E-state index contributed by atoms with van der Waals surface area (Å²) < 4.78 is 6.86. The summed E-state index contributed by atoms with van der Waals surface area (Å²) in [6.07, 6.45) is 1.46. The summed E-state index contributed by atoms with van der Waals surface area (Å²) in [5.74, 6) is -0.551. The van der Waals surface area contributed by atoms with Gasteiger partial charge in [-0.05, 0) is 17.7 Å². The maximum Gasteiger partial charge on any atom is 0.377 e. The zero-order chi connectivity index (χ0) is 13.8. The van der Waals surface area contributed by atoms with Crippen molar-refractivity contribution in [1.29, 1.82) is 5.26 Å². The Kier molecular flexibility index (Phi) is 3.92. The van der Waals surface area contributed by atoms with Crippen LogP contribution in [0.5, 0.6) is 0 Å². The highest BCUT2D eigenvalue weighted by Crippen LogP contribution is 2.19. The number of nitriles is 1. The van der Waals surface area contributed by atoms with E-state index in [0.717, 1.165) is 10.0 Å². The van der Waals surface area contributed by atoms with Gasteiger partial charge in [0.05, 0.1) is 25.3 Å². The molecule has 2 rings (SSSR count). The number of hydrogen-bond acceptors (Lipinski definition) is 5. The van der Waals surface area contributed by atoms with Gasteiger partial charge in [-0.25, -0.2) is 14.5 Å². The summed E-state index contributed by atoms with van der Waals surface area (Å²) in [7, 11) is 1.28. The van der Waals surface area contributed by atoms with Crippen LogP contribution in [0.15, 0.2) is 29.0 Å². The standard InChI is InChI=1S/C12H9BrN4O2/c1-19-12(18)11-15-7-17(16-11)6-9-3-2-8(5-14)4-10(9)13/h2-4,7H,6H2,1H3. The van der Waals surface area contributed by atoms with Crippen LogP contribution in [0.1, 0.15) is 21.7 Å². The van der Waals surface area contributed by atoms with E-state index in [-0.39, 0.29) is 5.82 Å². The summed E-state index contributed by atoms with van der Waals surface area (Å²) in [5.41, 5.74) is 1.50.